The third-order valence-electron chi connectivity index (χ3n) is 2.55. The molecule has 0 aromatic heterocycles. The summed E-state index contributed by atoms with van der Waals surface area (Å²) in [5.41, 5.74) is 6.14. The molecule has 10 heavy (non-hydrogen) atoms. The van der Waals surface area contributed by atoms with Crippen LogP contribution in [0.4, 0.5) is 0 Å². The zero-order valence-corrected chi connectivity index (χ0v) is 6.31. The van der Waals surface area contributed by atoms with Crippen LogP contribution >= 0.6 is 0 Å². The molecule has 1 aliphatic carbocycles. The Kier molecular flexibility index (Phi) is 1.46. The second-order valence-corrected chi connectivity index (χ2v) is 3.70. The van der Waals surface area contributed by atoms with Crippen molar-refractivity contribution in [1.82, 2.24) is 0 Å². The van der Waals surface area contributed by atoms with Crippen molar-refractivity contribution in [2.75, 3.05) is 6.61 Å². The molecule has 2 fully saturated rings. The van der Waals surface area contributed by atoms with Gasteiger partial charge in [0.2, 0.25) is 0 Å². The van der Waals surface area contributed by atoms with Crippen LogP contribution in [0.1, 0.15) is 32.1 Å². The van der Waals surface area contributed by atoms with Crippen molar-refractivity contribution in [2.24, 2.45) is 5.73 Å². The van der Waals surface area contributed by atoms with Crippen LogP contribution in [0, 0.1) is 0 Å². The fraction of sp³-hybridized carbons (Fsp3) is 1.00. The maximum Gasteiger partial charge on any atom is 0.0593 e. The highest BCUT2D eigenvalue weighted by Gasteiger charge is 2.40. The topological polar surface area (TPSA) is 35.2 Å². The lowest BCUT2D eigenvalue weighted by Gasteiger charge is -2.13. The highest BCUT2D eigenvalue weighted by Crippen LogP contribution is 2.38. The number of hydrogen-bond acceptors (Lipinski definition) is 2. The van der Waals surface area contributed by atoms with Gasteiger partial charge in [0.1, 0.15) is 0 Å². The van der Waals surface area contributed by atoms with Gasteiger partial charge in [-0.1, -0.05) is 0 Å². The molecule has 0 aromatic rings. The molecule has 2 nitrogen and oxygen atoms in total. The van der Waals surface area contributed by atoms with E-state index < -0.39 is 0 Å². The third kappa shape index (κ3) is 1.32. The van der Waals surface area contributed by atoms with Gasteiger partial charge in [0.05, 0.1) is 6.10 Å². The van der Waals surface area contributed by atoms with Crippen LogP contribution in [0.25, 0.3) is 0 Å². The summed E-state index contributed by atoms with van der Waals surface area (Å²) < 4.78 is 5.49. The number of hydrogen-bond donors (Lipinski definition) is 1. The SMILES string of the molecule is NC1(CC2CCCO2)CC1. The molecule has 58 valence electrons. The second-order valence-electron chi connectivity index (χ2n) is 3.70. The van der Waals surface area contributed by atoms with Gasteiger partial charge in [0, 0.05) is 12.1 Å². The summed E-state index contributed by atoms with van der Waals surface area (Å²) in [7, 11) is 0. The molecule has 0 spiro atoms. The minimum atomic E-state index is 0.189. The molecule has 2 N–H and O–H groups in total. The first-order valence-corrected chi connectivity index (χ1v) is 4.19. The molecule has 2 rings (SSSR count). The maximum absolute atomic E-state index is 5.95. The fourth-order valence-corrected chi connectivity index (χ4v) is 1.62. The summed E-state index contributed by atoms with van der Waals surface area (Å²) >= 11 is 0. The van der Waals surface area contributed by atoms with Crippen molar-refractivity contribution in [2.45, 2.75) is 43.7 Å². The van der Waals surface area contributed by atoms with E-state index in [2.05, 4.69) is 0 Å². The molecule has 0 radical (unpaired) electrons. The summed E-state index contributed by atoms with van der Waals surface area (Å²) in [6, 6.07) is 0. The van der Waals surface area contributed by atoms with Crippen molar-refractivity contribution < 1.29 is 4.74 Å². The van der Waals surface area contributed by atoms with Gasteiger partial charge in [0.15, 0.2) is 0 Å². The summed E-state index contributed by atoms with van der Waals surface area (Å²) in [5.74, 6) is 0. The largest absolute Gasteiger partial charge is 0.378 e. The average molecular weight is 141 g/mol. The van der Waals surface area contributed by atoms with Crippen molar-refractivity contribution >= 4 is 0 Å². The number of nitrogens with two attached hydrogens (primary N) is 1. The van der Waals surface area contributed by atoms with Gasteiger partial charge in [-0.3, -0.25) is 0 Å². The molecule has 1 saturated carbocycles. The molecule has 2 aliphatic rings. The van der Waals surface area contributed by atoms with Gasteiger partial charge in [0.25, 0.3) is 0 Å². The Morgan fingerprint density at radius 2 is 2.30 bits per heavy atom. The van der Waals surface area contributed by atoms with Gasteiger partial charge < -0.3 is 10.5 Å². The molecule has 1 aliphatic heterocycles. The highest BCUT2D eigenvalue weighted by molar-refractivity contribution is 5.00. The molecular formula is C8H15NO. The molecule has 1 atom stereocenters. The second kappa shape index (κ2) is 2.21. The van der Waals surface area contributed by atoms with Crippen LogP contribution in [0.3, 0.4) is 0 Å². The van der Waals surface area contributed by atoms with Crippen LogP contribution in [0.15, 0.2) is 0 Å². The zero-order valence-electron chi connectivity index (χ0n) is 6.31. The fourth-order valence-electron chi connectivity index (χ4n) is 1.62. The lowest BCUT2D eigenvalue weighted by Crippen LogP contribution is -2.27. The van der Waals surface area contributed by atoms with E-state index in [1.165, 1.54) is 25.7 Å². The average Bonchev–Trinajstić information content (AvgIpc) is 2.47. The smallest absolute Gasteiger partial charge is 0.0593 e. The van der Waals surface area contributed by atoms with E-state index >= 15 is 0 Å². The van der Waals surface area contributed by atoms with Crippen LogP contribution in [0.5, 0.6) is 0 Å². The van der Waals surface area contributed by atoms with E-state index in [0.717, 1.165) is 13.0 Å². The Morgan fingerprint density at radius 1 is 1.50 bits per heavy atom. The normalized spacial score (nSPS) is 36.3. The molecule has 0 aromatic carbocycles. The van der Waals surface area contributed by atoms with Crippen LogP contribution in [-0.4, -0.2) is 18.2 Å². The van der Waals surface area contributed by atoms with Gasteiger partial charge >= 0.3 is 0 Å². The minimum Gasteiger partial charge on any atom is -0.378 e. The first kappa shape index (κ1) is 6.62. The summed E-state index contributed by atoms with van der Waals surface area (Å²) in [6.07, 6.45) is 6.50. The highest BCUT2D eigenvalue weighted by atomic mass is 16.5. The monoisotopic (exact) mass is 141 g/mol. The van der Waals surface area contributed by atoms with E-state index in [0.29, 0.717) is 6.10 Å². The molecule has 1 heterocycles. The third-order valence-corrected chi connectivity index (χ3v) is 2.55. The summed E-state index contributed by atoms with van der Waals surface area (Å²) in [6.45, 7) is 0.959. The Labute approximate surface area is 61.7 Å². The van der Waals surface area contributed by atoms with Crippen molar-refractivity contribution in [3.05, 3.63) is 0 Å². The van der Waals surface area contributed by atoms with Gasteiger partial charge in [-0.2, -0.15) is 0 Å². The number of rotatable bonds is 2. The van der Waals surface area contributed by atoms with E-state index in [9.17, 15) is 0 Å². The lowest BCUT2D eigenvalue weighted by atomic mass is 10.1. The van der Waals surface area contributed by atoms with Crippen molar-refractivity contribution in [3.8, 4) is 0 Å². The first-order valence-electron chi connectivity index (χ1n) is 4.19. The maximum atomic E-state index is 5.95. The van der Waals surface area contributed by atoms with Crippen molar-refractivity contribution in [1.29, 1.82) is 0 Å². The Morgan fingerprint density at radius 3 is 2.80 bits per heavy atom. The molecule has 2 heteroatoms. The molecule has 0 amide bonds. The van der Waals surface area contributed by atoms with E-state index in [-0.39, 0.29) is 5.54 Å². The first-order chi connectivity index (χ1) is 4.79. The van der Waals surface area contributed by atoms with E-state index in [1.807, 2.05) is 0 Å². The summed E-state index contributed by atoms with van der Waals surface area (Å²) in [4.78, 5) is 0. The minimum absolute atomic E-state index is 0.189. The van der Waals surface area contributed by atoms with E-state index in [4.69, 9.17) is 10.5 Å². The molecule has 0 bridgehead atoms. The zero-order chi connectivity index (χ0) is 7.03. The Bertz CT molecular complexity index is 125. The molecular weight excluding hydrogens is 126 g/mol. The molecule has 1 saturated heterocycles. The predicted octanol–water partition coefficient (Wildman–Crippen LogP) is 1.05. The van der Waals surface area contributed by atoms with Gasteiger partial charge in [-0.25, -0.2) is 0 Å². The van der Waals surface area contributed by atoms with Crippen LogP contribution in [0.2, 0.25) is 0 Å². The quantitative estimate of drug-likeness (QED) is 0.623. The van der Waals surface area contributed by atoms with E-state index in [1.54, 1.807) is 0 Å². The standard InChI is InChI=1S/C8H15NO/c9-8(3-4-8)6-7-2-1-5-10-7/h7H,1-6,9H2. The Balaban J connectivity index is 1.78. The Hall–Kier alpha value is -0.0800. The van der Waals surface area contributed by atoms with Crippen LogP contribution in [-0.2, 0) is 4.74 Å². The lowest BCUT2D eigenvalue weighted by molar-refractivity contribution is 0.0961. The van der Waals surface area contributed by atoms with Crippen LogP contribution < -0.4 is 5.73 Å². The van der Waals surface area contributed by atoms with Crippen molar-refractivity contribution in [3.63, 3.8) is 0 Å². The van der Waals surface area contributed by atoms with Gasteiger partial charge in [-0.05, 0) is 32.1 Å². The van der Waals surface area contributed by atoms with Gasteiger partial charge in [-0.15, -0.1) is 0 Å². The summed E-state index contributed by atoms with van der Waals surface area (Å²) in [5, 5.41) is 0. The number of ether oxygens (including phenoxy) is 1. The predicted molar refractivity (Wildman–Crippen MR) is 39.7 cm³/mol. The molecule has 1 unspecified atom stereocenters.